The molecule has 0 heterocycles. The van der Waals surface area contributed by atoms with Crippen LogP contribution in [0.1, 0.15) is 50.1 Å². The number of benzene rings is 1. The predicted molar refractivity (Wildman–Crippen MR) is 92.0 cm³/mol. The van der Waals surface area contributed by atoms with Crippen molar-refractivity contribution in [1.82, 2.24) is 0 Å². The molecule has 1 aliphatic rings. The van der Waals surface area contributed by atoms with Crippen LogP contribution >= 0.6 is 22.6 Å². The second kappa shape index (κ2) is 6.96. The second-order valence-corrected chi connectivity index (χ2v) is 7.29. The Balaban J connectivity index is 2.21. The molecular formula is C16H23IN2O2. The van der Waals surface area contributed by atoms with Crippen molar-refractivity contribution in [3.63, 3.8) is 0 Å². The van der Waals surface area contributed by atoms with E-state index in [-0.39, 0.29) is 17.4 Å². The molecule has 0 bridgehead atoms. The summed E-state index contributed by atoms with van der Waals surface area (Å²) in [6.45, 7) is 0. The van der Waals surface area contributed by atoms with Crippen LogP contribution in [0.2, 0.25) is 0 Å². The number of hydrogen-bond donors (Lipinski definition) is 2. The van der Waals surface area contributed by atoms with Gasteiger partial charge < -0.3 is 16.2 Å². The second-order valence-electron chi connectivity index (χ2n) is 6.05. The first-order chi connectivity index (χ1) is 9.96. The number of nitrogens with two attached hydrogens (primary N) is 2. The third kappa shape index (κ3) is 4.10. The number of carbonyl (C=O) groups excluding carboxylic acids is 1. The molecule has 0 radical (unpaired) electrons. The van der Waals surface area contributed by atoms with Crippen LogP contribution in [0.25, 0.3) is 0 Å². The van der Waals surface area contributed by atoms with E-state index in [2.05, 4.69) is 28.7 Å². The lowest BCUT2D eigenvalue weighted by Gasteiger charge is -2.31. The molecule has 2 rings (SSSR count). The highest BCUT2D eigenvalue weighted by Gasteiger charge is 2.37. The first-order valence-corrected chi connectivity index (χ1v) is 8.41. The van der Waals surface area contributed by atoms with E-state index in [4.69, 9.17) is 16.2 Å². The first kappa shape index (κ1) is 16.5. The van der Waals surface area contributed by atoms with E-state index in [1.165, 1.54) is 0 Å². The van der Waals surface area contributed by atoms with Crippen LogP contribution in [0.4, 0.5) is 0 Å². The maximum Gasteiger partial charge on any atom is 0.217 e. The molecule has 1 unspecified atom stereocenters. The van der Waals surface area contributed by atoms with Gasteiger partial charge >= 0.3 is 0 Å². The Morgan fingerprint density at radius 1 is 1.43 bits per heavy atom. The van der Waals surface area contributed by atoms with Gasteiger partial charge in [0, 0.05) is 21.6 Å². The van der Waals surface area contributed by atoms with Crippen LogP contribution in [0.15, 0.2) is 18.2 Å². The number of methoxy groups -OCH3 is 1. The molecule has 4 nitrogen and oxygen atoms in total. The van der Waals surface area contributed by atoms with Crippen molar-refractivity contribution in [2.24, 2.45) is 16.9 Å². The van der Waals surface area contributed by atoms with Gasteiger partial charge in [0.1, 0.15) is 5.75 Å². The molecule has 21 heavy (non-hydrogen) atoms. The van der Waals surface area contributed by atoms with Crippen molar-refractivity contribution >= 4 is 28.5 Å². The number of hydrogen-bond acceptors (Lipinski definition) is 3. The lowest BCUT2D eigenvalue weighted by molar-refractivity contribution is -0.120. The van der Waals surface area contributed by atoms with Crippen molar-refractivity contribution in [3.05, 3.63) is 27.3 Å². The Hall–Kier alpha value is -0.820. The van der Waals surface area contributed by atoms with Gasteiger partial charge in [-0.15, -0.1) is 0 Å². The molecule has 0 spiro atoms. The number of halogens is 1. The van der Waals surface area contributed by atoms with Crippen LogP contribution in [0.3, 0.4) is 0 Å². The molecule has 0 aliphatic heterocycles. The van der Waals surface area contributed by atoms with E-state index in [0.29, 0.717) is 6.42 Å². The molecule has 1 atom stereocenters. The van der Waals surface area contributed by atoms with Crippen LogP contribution in [0.5, 0.6) is 5.75 Å². The fourth-order valence-electron chi connectivity index (χ4n) is 3.52. The van der Waals surface area contributed by atoms with E-state index >= 15 is 0 Å². The average Bonchev–Trinajstić information content (AvgIpc) is 2.85. The van der Waals surface area contributed by atoms with Gasteiger partial charge in [0.25, 0.3) is 0 Å². The normalized spacial score (nSPS) is 18.4. The largest absolute Gasteiger partial charge is 0.496 e. The summed E-state index contributed by atoms with van der Waals surface area (Å²) in [6.07, 6.45) is 5.61. The summed E-state index contributed by atoms with van der Waals surface area (Å²) in [5.74, 6) is 0.592. The quantitative estimate of drug-likeness (QED) is 0.718. The van der Waals surface area contributed by atoms with Gasteiger partial charge in [-0.3, -0.25) is 4.79 Å². The molecule has 5 heteroatoms. The van der Waals surface area contributed by atoms with Crippen LogP contribution in [-0.4, -0.2) is 13.0 Å². The number of amides is 1. The molecule has 4 N–H and O–H groups in total. The van der Waals surface area contributed by atoms with Crippen molar-refractivity contribution < 1.29 is 9.53 Å². The molecule has 116 valence electrons. The Morgan fingerprint density at radius 3 is 2.67 bits per heavy atom. The summed E-state index contributed by atoms with van der Waals surface area (Å²) in [6, 6.07) is 5.89. The Bertz CT molecular complexity index is 513. The number of carbonyl (C=O) groups is 1. The summed E-state index contributed by atoms with van der Waals surface area (Å²) in [5.41, 5.74) is 12.9. The van der Waals surface area contributed by atoms with Gasteiger partial charge in [-0.25, -0.2) is 0 Å². The smallest absolute Gasteiger partial charge is 0.217 e. The topological polar surface area (TPSA) is 78.3 Å². The van der Waals surface area contributed by atoms with Crippen molar-refractivity contribution in [2.45, 2.75) is 44.6 Å². The van der Waals surface area contributed by atoms with Crippen molar-refractivity contribution in [3.8, 4) is 5.75 Å². The highest BCUT2D eigenvalue weighted by atomic mass is 127. The maximum atomic E-state index is 11.4. The molecule has 0 aromatic heterocycles. The van der Waals surface area contributed by atoms with E-state index in [0.717, 1.165) is 47.0 Å². The van der Waals surface area contributed by atoms with E-state index in [1.807, 2.05) is 12.1 Å². The highest BCUT2D eigenvalue weighted by Crippen LogP contribution is 2.47. The summed E-state index contributed by atoms with van der Waals surface area (Å²) in [4.78, 5) is 11.4. The Morgan fingerprint density at radius 2 is 2.10 bits per heavy atom. The van der Waals surface area contributed by atoms with Gasteiger partial charge in [-0.1, -0.05) is 12.8 Å². The van der Waals surface area contributed by atoms with E-state index in [9.17, 15) is 4.79 Å². The summed E-state index contributed by atoms with van der Waals surface area (Å²) < 4.78 is 6.56. The van der Waals surface area contributed by atoms with Crippen molar-refractivity contribution in [2.75, 3.05) is 7.11 Å². The number of rotatable bonds is 6. The standard InChI is InChI=1S/C16H23IN2O2/c1-21-14-5-4-11(17)8-12(14)13(18)9-16(10-15(19)20)6-2-3-7-16/h4-5,8,13H,2-3,6-7,9-10,18H2,1H3,(H2,19,20). The van der Waals surface area contributed by atoms with Crippen LogP contribution in [0, 0.1) is 8.99 Å². The lowest BCUT2D eigenvalue weighted by atomic mass is 9.76. The molecule has 1 fully saturated rings. The predicted octanol–water partition coefficient (Wildman–Crippen LogP) is 3.13. The lowest BCUT2D eigenvalue weighted by Crippen LogP contribution is -2.29. The average molecular weight is 402 g/mol. The minimum absolute atomic E-state index is 0.0302. The monoisotopic (exact) mass is 402 g/mol. The zero-order valence-electron chi connectivity index (χ0n) is 12.4. The molecule has 0 saturated heterocycles. The minimum atomic E-state index is -0.223. The molecule has 1 amide bonds. The number of primary amides is 1. The highest BCUT2D eigenvalue weighted by molar-refractivity contribution is 14.1. The molecule has 1 aliphatic carbocycles. The maximum absolute atomic E-state index is 11.4. The fourth-order valence-corrected chi connectivity index (χ4v) is 4.03. The van der Waals surface area contributed by atoms with Gasteiger partial charge in [0.05, 0.1) is 7.11 Å². The zero-order chi connectivity index (χ0) is 15.5. The van der Waals surface area contributed by atoms with Gasteiger partial charge in [0.2, 0.25) is 5.91 Å². The van der Waals surface area contributed by atoms with Gasteiger partial charge in [0.15, 0.2) is 0 Å². The van der Waals surface area contributed by atoms with Gasteiger partial charge in [-0.2, -0.15) is 0 Å². The van der Waals surface area contributed by atoms with Crippen LogP contribution in [-0.2, 0) is 4.79 Å². The first-order valence-electron chi connectivity index (χ1n) is 7.33. The Kier molecular flexibility index (Phi) is 5.48. The fraction of sp³-hybridized carbons (Fsp3) is 0.562. The molecule has 1 saturated carbocycles. The van der Waals surface area contributed by atoms with Crippen LogP contribution < -0.4 is 16.2 Å². The summed E-state index contributed by atoms with van der Waals surface area (Å²) >= 11 is 2.27. The third-order valence-electron chi connectivity index (χ3n) is 4.46. The molecule has 1 aromatic carbocycles. The van der Waals surface area contributed by atoms with E-state index < -0.39 is 0 Å². The summed E-state index contributed by atoms with van der Waals surface area (Å²) in [7, 11) is 1.66. The zero-order valence-corrected chi connectivity index (χ0v) is 14.6. The van der Waals surface area contributed by atoms with E-state index in [1.54, 1.807) is 7.11 Å². The van der Waals surface area contributed by atoms with Crippen molar-refractivity contribution in [1.29, 1.82) is 0 Å². The molecular weight excluding hydrogens is 379 g/mol. The Labute approximate surface area is 139 Å². The minimum Gasteiger partial charge on any atom is -0.496 e. The summed E-state index contributed by atoms with van der Waals surface area (Å²) in [5, 5.41) is 0. The molecule has 1 aromatic rings. The van der Waals surface area contributed by atoms with Gasteiger partial charge in [-0.05, 0) is 65.5 Å². The SMILES string of the molecule is COc1ccc(I)cc1C(N)CC1(CC(N)=O)CCCC1. The third-order valence-corrected chi connectivity index (χ3v) is 5.13. The number of ether oxygens (including phenoxy) is 1.